The van der Waals surface area contributed by atoms with E-state index in [1.807, 2.05) is 12.3 Å². The van der Waals surface area contributed by atoms with E-state index >= 15 is 0 Å². The molecule has 2 saturated carbocycles. The number of rotatable bonds is 1. The Morgan fingerprint density at radius 2 is 2.00 bits per heavy atom. The van der Waals surface area contributed by atoms with E-state index in [-0.39, 0.29) is 17.6 Å². The molecular formula is C21H20FN3O. The Hall–Kier alpha value is -2.56. The number of H-pyrrole nitrogens is 1. The van der Waals surface area contributed by atoms with Gasteiger partial charge in [-0.3, -0.25) is 5.10 Å². The van der Waals surface area contributed by atoms with Crippen molar-refractivity contribution in [3.63, 3.8) is 0 Å². The molecule has 4 nitrogen and oxygen atoms in total. The first-order chi connectivity index (χ1) is 12.7. The van der Waals surface area contributed by atoms with Crippen molar-refractivity contribution in [3.05, 3.63) is 53.5 Å². The SMILES string of the molecule is Oc1ccc(C2Nc3ccc4[nH]ncc4c3C3C4CCC(C4)C23)c(F)c1. The number of nitrogens with zero attached hydrogens (tertiary/aromatic N) is 1. The molecule has 2 bridgehead atoms. The van der Waals surface area contributed by atoms with E-state index in [2.05, 4.69) is 21.6 Å². The highest BCUT2D eigenvalue weighted by molar-refractivity contribution is 5.88. The molecule has 2 fully saturated rings. The minimum absolute atomic E-state index is 0.0212. The second-order valence-corrected chi connectivity index (χ2v) is 8.12. The van der Waals surface area contributed by atoms with Crippen LogP contribution in [0.1, 0.15) is 42.3 Å². The van der Waals surface area contributed by atoms with E-state index in [1.54, 1.807) is 12.1 Å². The second kappa shape index (κ2) is 5.00. The van der Waals surface area contributed by atoms with Gasteiger partial charge >= 0.3 is 0 Å². The molecule has 2 heterocycles. The molecule has 0 saturated heterocycles. The number of phenols is 1. The van der Waals surface area contributed by atoms with Gasteiger partial charge in [0, 0.05) is 22.7 Å². The predicted octanol–water partition coefficient (Wildman–Crippen LogP) is 4.70. The topological polar surface area (TPSA) is 60.9 Å². The highest BCUT2D eigenvalue weighted by atomic mass is 19.1. The average Bonchev–Trinajstić information content (AvgIpc) is 3.36. The third-order valence-corrected chi connectivity index (χ3v) is 6.99. The number of aromatic amines is 1. The summed E-state index contributed by atoms with van der Waals surface area (Å²) in [4.78, 5) is 0. The van der Waals surface area contributed by atoms with Gasteiger partial charge in [-0.1, -0.05) is 6.07 Å². The van der Waals surface area contributed by atoms with Crippen LogP contribution in [0.4, 0.5) is 10.1 Å². The van der Waals surface area contributed by atoms with Crippen molar-refractivity contribution in [3.8, 4) is 5.75 Å². The standard InChI is InChI=1S/C21H20FN3O/c22-15-8-12(26)3-4-13(15)21-19-11-2-1-10(7-11)18(19)20-14-9-23-25-16(14)5-6-17(20)24-21/h3-6,8-11,18-19,21,24,26H,1-2,7H2,(H,23,25). The maximum Gasteiger partial charge on any atom is 0.132 e. The summed E-state index contributed by atoms with van der Waals surface area (Å²) in [7, 11) is 0. The highest BCUT2D eigenvalue weighted by Crippen LogP contribution is 2.64. The lowest BCUT2D eigenvalue weighted by molar-refractivity contribution is 0.246. The Labute approximate surface area is 150 Å². The number of hydrogen-bond acceptors (Lipinski definition) is 3. The molecule has 1 aromatic heterocycles. The Balaban J connectivity index is 1.56. The molecule has 5 unspecified atom stereocenters. The first-order valence-electron chi connectivity index (χ1n) is 9.41. The largest absolute Gasteiger partial charge is 0.508 e. The summed E-state index contributed by atoms with van der Waals surface area (Å²) in [5, 5.41) is 21.8. The molecule has 3 aliphatic rings. The lowest BCUT2D eigenvalue weighted by Gasteiger charge is -2.43. The van der Waals surface area contributed by atoms with Gasteiger partial charge in [-0.15, -0.1) is 0 Å². The number of halogens is 1. The Kier molecular flexibility index (Phi) is 2.80. The summed E-state index contributed by atoms with van der Waals surface area (Å²) >= 11 is 0. The van der Waals surface area contributed by atoms with Crippen molar-refractivity contribution in [2.75, 3.05) is 5.32 Å². The molecule has 0 amide bonds. The fourth-order valence-corrected chi connectivity index (χ4v) is 6.09. The van der Waals surface area contributed by atoms with Crippen LogP contribution in [0.25, 0.3) is 10.9 Å². The molecule has 6 rings (SSSR count). The van der Waals surface area contributed by atoms with E-state index in [4.69, 9.17) is 0 Å². The van der Waals surface area contributed by atoms with E-state index < -0.39 is 0 Å². The van der Waals surface area contributed by atoms with E-state index in [9.17, 15) is 9.50 Å². The van der Waals surface area contributed by atoms with Crippen molar-refractivity contribution in [2.45, 2.75) is 31.2 Å². The minimum Gasteiger partial charge on any atom is -0.508 e. The first-order valence-corrected chi connectivity index (χ1v) is 9.41. The van der Waals surface area contributed by atoms with Crippen LogP contribution in [-0.4, -0.2) is 15.3 Å². The van der Waals surface area contributed by atoms with Crippen LogP contribution in [-0.2, 0) is 0 Å². The van der Waals surface area contributed by atoms with Gasteiger partial charge in [-0.25, -0.2) is 4.39 Å². The van der Waals surface area contributed by atoms with Gasteiger partial charge in [0.05, 0.1) is 17.8 Å². The number of fused-ring (bicyclic) bond motifs is 9. The zero-order valence-electron chi connectivity index (χ0n) is 14.2. The van der Waals surface area contributed by atoms with Gasteiger partial charge in [0.15, 0.2) is 0 Å². The summed E-state index contributed by atoms with van der Waals surface area (Å²) in [5.74, 6) is 1.80. The van der Waals surface area contributed by atoms with Crippen molar-refractivity contribution >= 4 is 16.6 Å². The Morgan fingerprint density at radius 1 is 1.12 bits per heavy atom. The predicted molar refractivity (Wildman–Crippen MR) is 97.6 cm³/mol. The Bertz CT molecular complexity index is 1030. The van der Waals surface area contributed by atoms with Crippen molar-refractivity contribution in [2.24, 2.45) is 17.8 Å². The monoisotopic (exact) mass is 349 g/mol. The molecule has 0 radical (unpaired) electrons. The van der Waals surface area contributed by atoms with Crippen molar-refractivity contribution in [1.82, 2.24) is 10.2 Å². The van der Waals surface area contributed by atoms with Gasteiger partial charge in [-0.2, -0.15) is 5.10 Å². The maximum absolute atomic E-state index is 14.7. The van der Waals surface area contributed by atoms with Crippen LogP contribution >= 0.6 is 0 Å². The minimum atomic E-state index is -0.322. The first kappa shape index (κ1) is 14.6. The molecule has 2 aromatic carbocycles. The molecular weight excluding hydrogens is 329 g/mol. The second-order valence-electron chi connectivity index (χ2n) is 8.12. The van der Waals surface area contributed by atoms with Crippen LogP contribution in [0.2, 0.25) is 0 Å². The zero-order chi connectivity index (χ0) is 17.4. The van der Waals surface area contributed by atoms with Crippen LogP contribution in [0.15, 0.2) is 36.5 Å². The van der Waals surface area contributed by atoms with Crippen LogP contribution in [0.3, 0.4) is 0 Å². The van der Waals surface area contributed by atoms with Crippen LogP contribution in [0.5, 0.6) is 5.75 Å². The number of phenolic OH excluding ortho intramolecular Hbond substituents is 1. The van der Waals surface area contributed by atoms with E-state index in [0.717, 1.165) is 11.2 Å². The Morgan fingerprint density at radius 3 is 2.88 bits per heavy atom. The number of anilines is 1. The number of hydrogen-bond donors (Lipinski definition) is 3. The summed E-state index contributed by atoms with van der Waals surface area (Å²) in [5.41, 5.74) is 4.21. The molecule has 0 spiro atoms. The van der Waals surface area contributed by atoms with Gasteiger partial charge in [-0.05, 0) is 66.7 Å². The summed E-state index contributed by atoms with van der Waals surface area (Å²) in [6.07, 6.45) is 5.67. The smallest absolute Gasteiger partial charge is 0.132 e. The average molecular weight is 349 g/mol. The zero-order valence-corrected chi connectivity index (χ0v) is 14.2. The summed E-state index contributed by atoms with van der Waals surface area (Å²) in [6, 6.07) is 8.67. The van der Waals surface area contributed by atoms with Gasteiger partial charge in [0.1, 0.15) is 11.6 Å². The maximum atomic E-state index is 14.7. The lowest BCUT2D eigenvalue weighted by Crippen LogP contribution is -2.36. The molecule has 1 aliphatic heterocycles. The van der Waals surface area contributed by atoms with E-state index in [0.29, 0.717) is 29.2 Å². The fraction of sp³-hybridized carbons (Fsp3) is 0.381. The quantitative estimate of drug-likeness (QED) is 0.596. The number of aromatic hydroxyl groups is 1. The fourth-order valence-electron chi connectivity index (χ4n) is 6.09. The molecule has 3 aromatic rings. The normalized spacial score (nSPS) is 31.7. The van der Waals surface area contributed by atoms with Gasteiger partial charge < -0.3 is 10.4 Å². The number of aromatic nitrogens is 2. The van der Waals surface area contributed by atoms with E-state index in [1.165, 1.54) is 36.3 Å². The molecule has 2 aliphatic carbocycles. The molecule has 5 heteroatoms. The van der Waals surface area contributed by atoms with Crippen molar-refractivity contribution < 1.29 is 9.50 Å². The summed E-state index contributed by atoms with van der Waals surface area (Å²) in [6.45, 7) is 0. The molecule has 132 valence electrons. The van der Waals surface area contributed by atoms with Crippen LogP contribution < -0.4 is 5.32 Å². The third-order valence-electron chi connectivity index (χ3n) is 6.99. The van der Waals surface area contributed by atoms with Crippen molar-refractivity contribution in [1.29, 1.82) is 0 Å². The lowest BCUT2D eigenvalue weighted by atomic mass is 9.67. The molecule has 3 N–H and O–H groups in total. The number of benzene rings is 2. The molecule has 5 atom stereocenters. The third kappa shape index (κ3) is 1.81. The van der Waals surface area contributed by atoms with Gasteiger partial charge in [0.2, 0.25) is 0 Å². The molecule has 26 heavy (non-hydrogen) atoms. The number of nitrogens with one attached hydrogen (secondary N) is 2. The highest BCUT2D eigenvalue weighted by Gasteiger charge is 2.54. The summed E-state index contributed by atoms with van der Waals surface area (Å²) < 4.78 is 14.7. The van der Waals surface area contributed by atoms with Gasteiger partial charge in [0.25, 0.3) is 0 Å². The van der Waals surface area contributed by atoms with Crippen LogP contribution in [0, 0.1) is 23.6 Å².